The van der Waals surface area contributed by atoms with E-state index in [9.17, 15) is 13.2 Å². The molecule has 29 heavy (non-hydrogen) atoms. The van der Waals surface area contributed by atoms with Crippen molar-refractivity contribution >= 4 is 33.0 Å². The highest BCUT2D eigenvalue weighted by Crippen LogP contribution is 2.28. The molecule has 1 amide bonds. The molecule has 1 unspecified atom stereocenters. The molecule has 1 saturated heterocycles. The first kappa shape index (κ1) is 21.7. The molecular weight excluding hydrogens is 408 g/mol. The number of carbonyl (C=O) groups is 1. The third kappa shape index (κ3) is 5.52. The second kappa shape index (κ2) is 9.18. The molecule has 3 rings (SSSR count). The van der Waals surface area contributed by atoms with E-state index in [1.165, 1.54) is 0 Å². The highest BCUT2D eigenvalue weighted by molar-refractivity contribution is 7.91. The zero-order valence-electron chi connectivity index (χ0n) is 16.8. The van der Waals surface area contributed by atoms with Crippen LogP contribution in [-0.2, 0) is 14.6 Å². The van der Waals surface area contributed by atoms with Gasteiger partial charge < -0.3 is 9.80 Å². The van der Waals surface area contributed by atoms with Crippen LogP contribution in [0.4, 0.5) is 5.69 Å². The summed E-state index contributed by atoms with van der Waals surface area (Å²) in [5.41, 5.74) is 2.02. The summed E-state index contributed by atoms with van der Waals surface area (Å²) in [6.07, 6.45) is 0.800. The zero-order valence-corrected chi connectivity index (χ0v) is 18.4. The fraction of sp³-hybridized carbons (Fsp3) is 0.409. The first-order valence-corrected chi connectivity index (χ1v) is 12.0. The van der Waals surface area contributed by atoms with Crippen molar-refractivity contribution in [2.75, 3.05) is 37.0 Å². The molecule has 1 aliphatic rings. The van der Waals surface area contributed by atoms with Crippen molar-refractivity contribution in [3.05, 3.63) is 65.2 Å². The maximum atomic E-state index is 13.2. The standard InChI is InChI=1S/C22H27ClN2O3S/c1-24(20-10-6-9-19(23)15-20)16-21(17-7-4-3-5-8-17)25(2)22(26)18-11-13-29(27,28)14-12-18/h3-10,15,18,21H,11-14,16H2,1-2H3. The molecule has 2 aromatic rings. The molecule has 156 valence electrons. The van der Waals surface area contributed by atoms with Crippen molar-refractivity contribution in [2.45, 2.75) is 18.9 Å². The fourth-order valence-corrected chi connectivity index (χ4v) is 5.46. The summed E-state index contributed by atoms with van der Waals surface area (Å²) >= 11 is 6.14. The maximum absolute atomic E-state index is 13.2. The number of anilines is 1. The summed E-state index contributed by atoms with van der Waals surface area (Å²) in [6.45, 7) is 0.595. The lowest BCUT2D eigenvalue weighted by molar-refractivity contribution is -0.136. The molecule has 5 nitrogen and oxygen atoms in total. The molecule has 0 spiro atoms. The van der Waals surface area contributed by atoms with Crippen LogP contribution in [0.15, 0.2) is 54.6 Å². The van der Waals surface area contributed by atoms with Gasteiger partial charge in [0, 0.05) is 37.3 Å². The largest absolute Gasteiger partial charge is 0.372 e. The minimum absolute atomic E-state index is 0.00764. The Morgan fingerprint density at radius 2 is 1.72 bits per heavy atom. The molecule has 1 heterocycles. The predicted octanol–water partition coefficient (Wildman–Crippen LogP) is 3.80. The molecule has 0 radical (unpaired) electrons. The van der Waals surface area contributed by atoms with E-state index in [0.717, 1.165) is 11.3 Å². The molecule has 1 aliphatic heterocycles. The molecule has 1 atom stereocenters. The third-order valence-corrected chi connectivity index (χ3v) is 7.55. The average Bonchev–Trinajstić information content (AvgIpc) is 2.71. The van der Waals surface area contributed by atoms with Gasteiger partial charge in [0.25, 0.3) is 0 Å². The number of rotatable bonds is 6. The first-order valence-electron chi connectivity index (χ1n) is 9.75. The Kier molecular flexibility index (Phi) is 6.85. The number of nitrogens with zero attached hydrogens (tertiary/aromatic N) is 2. The topological polar surface area (TPSA) is 57.7 Å². The number of hydrogen-bond acceptors (Lipinski definition) is 4. The van der Waals surface area contributed by atoms with E-state index >= 15 is 0 Å². The smallest absolute Gasteiger partial charge is 0.226 e. The van der Waals surface area contributed by atoms with Crippen molar-refractivity contribution in [1.82, 2.24) is 4.90 Å². The zero-order chi connectivity index (χ0) is 21.0. The third-order valence-electron chi connectivity index (χ3n) is 5.60. The monoisotopic (exact) mass is 434 g/mol. The van der Waals surface area contributed by atoms with Gasteiger partial charge in [0.15, 0.2) is 0 Å². The Hall–Kier alpha value is -2.05. The Labute approximate surface area is 178 Å². The molecule has 0 bridgehead atoms. The van der Waals surface area contributed by atoms with E-state index in [1.807, 2.05) is 68.7 Å². The van der Waals surface area contributed by atoms with E-state index in [-0.39, 0.29) is 29.4 Å². The first-order chi connectivity index (χ1) is 13.8. The van der Waals surface area contributed by atoms with Crippen LogP contribution in [0.25, 0.3) is 0 Å². The van der Waals surface area contributed by atoms with Gasteiger partial charge in [0.05, 0.1) is 17.5 Å². The van der Waals surface area contributed by atoms with E-state index in [2.05, 4.69) is 4.90 Å². The van der Waals surface area contributed by atoms with Crippen molar-refractivity contribution in [3.63, 3.8) is 0 Å². The second-order valence-corrected chi connectivity index (χ2v) is 10.4. The molecule has 0 saturated carbocycles. The minimum Gasteiger partial charge on any atom is -0.372 e. The molecule has 2 aromatic carbocycles. The summed E-state index contributed by atoms with van der Waals surface area (Å²) in [7, 11) is 0.796. The van der Waals surface area contributed by atoms with E-state index in [0.29, 0.717) is 24.4 Å². The minimum atomic E-state index is -3.00. The van der Waals surface area contributed by atoms with Crippen molar-refractivity contribution in [2.24, 2.45) is 5.92 Å². The van der Waals surface area contributed by atoms with Gasteiger partial charge >= 0.3 is 0 Å². The quantitative estimate of drug-likeness (QED) is 0.693. The number of carbonyl (C=O) groups excluding carboxylic acids is 1. The van der Waals surface area contributed by atoms with Crippen LogP contribution in [0, 0.1) is 5.92 Å². The lowest BCUT2D eigenvalue weighted by Crippen LogP contribution is -2.43. The second-order valence-electron chi connectivity index (χ2n) is 7.66. The summed E-state index contributed by atoms with van der Waals surface area (Å²) < 4.78 is 23.5. The van der Waals surface area contributed by atoms with Crippen LogP contribution in [0.1, 0.15) is 24.4 Å². The summed E-state index contributed by atoms with van der Waals surface area (Å²) in [5.74, 6) is -0.0508. The van der Waals surface area contributed by atoms with Crippen LogP contribution >= 0.6 is 11.6 Å². The Morgan fingerprint density at radius 1 is 1.07 bits per heavy atom. The molecule has 0 aromatic heterocycles. The number of likely N-dealkylation sites (N-methyl/N-ethyl adjacent to an activating group) is 2. The molecule has 7 heteroatoms. The average molecular weight is 435 g/mol. The number of halogens is 1. The lowest BCUT2D eigenvalue weighted by atomic mass is 9.98. The summed E-state index contributed by atoms with van der Waals surface area (Å²) in [6, 6.07) is 17.4. The fourth-order valence-electron chi connectivity index (χ4n) is 3.78. The van der Waals surface area contributed by atoms with Gasteiger partial charge in [0.2, 0.25) is 5.91 Å². The number of benzene rings is 2. The Bertz CT molecular complexity index is 936. The molecule has 0 aliphatic carbocycles. The maximum Gasteiger partial charge on any atom is 0.226 e. The van der Waals surface area contributed by atoms with Crippen LogP contribution in [0.2, 0.25) is 5.02 Å². The lowest BCUT2D eigenvalue weighted by Gasteiger charge is -2.35. The highest BCUT2D eigenvalue weighted by atomic mass is 35.5. The summed E-state index contributed by atoms with van der Waals surface area (Å²) in [5, 5.41) is 0.665. The van der Waals surface area contributed by atoms with Crippen molar-refractivity contribution in [3.8, 4) is 0 Å². The van der Waals surface area contributed by atoms with Gasteiger partial charge in [-0.1, -0.05) is 48.0 Å². The molecular formula is C22H27ClN2O3S. The predicted molar refractivity (Wildman–Crippen MR) is 118 cm³/mol. The highest BCUT2D eigenvalue weighted by Gasteiger charge is 2.33. The van der Waals surface area contributed by atoms with Crippen molar-refractivity contribution in [1.29, 1.82) is 0 Å². The van der Waals surface area contributed by atoms with Gasteiger partial charge in [-0.3, -0.25) is 4.79 Å². The van der Waals surface area contributed by atoms with Gasteiger partial charge in [-0.05, 0) is 36.6 Å². The number of amides is 1. The van der Waals surface area contributed by atoms with Crippen LogP contribution < -0.4 is 4.90 Å². The van der Waals surface area contributed by atoms with E-state index < -0.39 is 9.84 Å². The molecule has 1 fully saturated rings. The van der Waals surface area contributed by atoms with Gasteiger partial charge in [0.1, 0.15) is 9.84 Å². The number of hydrogen-bond donors (Lipinski definition) is 0. The van der Waals surface area contributed by atoms with Gasteiger partial charge in [-0.15, -0.1) is 0 Å². The van der Waals surface area contributed by atoms with Crippen molar-refractivity contribution < 1.29 is 13.2 Å². The SMILES string of the molecule is CN(CC(c1ccccc1)N(C)C(=O)C1CCS(=O)(=O)CC1)c1cccc(Cl)c1. The number of sulfone groups is 1. The van der Waals surface area contributed by atoms with E-state index in [4.69, 9.17) is 11.6 Å². The molecule has 0 N–H and O–H groups in total. The Morgan fingerprint density at radius 3 is 2.34 bits per heavy atom. The normalized spacial score (nSPS) is 17.5. The van der Waals surface area contributed by atoms with Crippen LogP contribution in [0.5, 0.6) is 0 Å². The van der Waals surface area contributed by atoms with Gasteiger partial charge in [-0.2, -0.15) is 0 Å². The van der Waals surface area contributed by atoms with Crippen LogP contribution in [-0.4, -0.2) is 51.4 Å². The van der Waals surface area contributed by atoms with Gasteiger partial charge in [-0.25, -0.2) is 8.42 Å². The van der Waals surface area contributed by atoms with E-state index in [1.54, 1.807) is 4.90 Å². The Balaban J connectivity index is 1.81. The summed E-state index contributed by atoms with van der Waals surface area (Å²) in [4.78, 5) is 17.0. The van der Waals surface area contributed by atoms with Crippen LogP contribution in [0.3, 0.4) is 0 Å².